The van der Waals surface area contributed by atoms with E-state index in [-0.39, 0.29) is 37.5 Å². The molecule has 0 rings (SSSR count). The van der Waals surface area contributed by atoms with E-state index in [2.05, 4.69) is 118 Å². The molecule has 1 atom stereocenters. The van der Waals surface area contributed by atoms with E-state index in [1.165, 1.54) is 103 Å². The van der Waals surface area contributed by atoms with Crippen LogP contribution < -0.4 is 0 Å². The highest BCUT2D eigenvalue weighted by molar-refractivity contribution is 5.71. The van der Waals surface area contributed by atoms with Crippen molar-refractivity contribution in [3.8, 4) is 0 Å². The molecule has 0 unspecified atom stereocenters. The van der Waals surface area contributed by atoms with Gasteiger partial charge in [0.25, 0.3) is 0 Å². The lowest BCUT2D eigenvalue weighted by Crippen LogP contribution is -2.30. The molecule has 0 saturated carbocycles. The highest BCUT2D eigenvalue weighted by atomic mass is 16.6. The minimum absolute atomic E-state index is 0.100. The summed E-state index contributed by atoms with van der Waals surface area (Å²) < 4.78 is 16.8. The fourth-order valence-corrected chi connectivity index (χ4v) is 7.35. The molecule has 0 fully saturated rings. The third-order valence-electron chi connectivity index (χ3n) is 11.6. The van der Waals surface area contributed by atoms with Crippen molar-refractivity contribution in [3.05, 3.63) is 97.2 Å². The van der Waals surface area contributed by atoms with Crippen LogP contribution in [0, 0.1) is 0 Å². The highest BCUT2D eigenvalue weighted by Crippen LogP contribution is 2.14. The van der Waals surface area contributed by atoms with E-state index in [1.807, 2.05) is 0 Å². The standard InChI is InChI=1S/C61H102O6/c1-4-7-10-13-16-19-22-24-26-28-30-32-34-36-39-42-45-48-51-54-60(63)66-57-58(56-65-59(62)53-50-47-44-41-38-21-18-15-12-9-6-3)67-61(64)55-52-49-46-43-40-37-35-33-31-29-27-25-23-20-17-14-11-8-5-2/h16-17,19-20,24-27,30-33,36-37,39-40,58H,4-15,18,21-23,28-29,34-35,38,41-57H2,1-3H3/b19-16-,20-17-,26-24-,27-25-,32-30-,33-31-,39-36-,40-37-/t58-/m0/s1. The van der Waals surface area contributed by atoms with Gasteiger partial charge in [-0.2, -0.15) is 0 Å². The quantitative estimate of drug-likeness (QED) is 0.0262. The predicted octanol–water partition coefficient (Wildman–Crippen LogP) is 18.5. The summed E-state index contributed by atoms with van der Waals surface area (Å²) in [7, 11) is 0. The lowest BCUT2D eigenvalue weighted by atomic mass is 10.1. The largest absolute Gasteiger partial charge is 0.462 e. The van der Waals surface area contributed by atoms with Crippen LogP contribution in [0.1, 0.15) is 252 Å². The van der Waals surface area contributed by atoms with E-state index in [0.29, 0.717) is 12.8 Å². The van der Waals surface area contributed by atoms with Crippen LogP contribution in [0.3, 0.4) is 0 Å². The Kier molecular flexibility index (Phi) is 51.9. The molecule has 0 aliphatic heterocycles. The summed E-state index contributed by atoms with van der Waals surface area (Å²) in [5.74, 6) is -0.964. The number of unbranched alkanes of at least 4 members (excludes halogenated alkanes) is 22. The minimum Gasteiger partial charge on any atom is -0.462 e. The lowest BCUT2D eigenvalue weighted by Gasteiger charge is -2.18. The molecule has 382 valence electrons. The van der Waals surface area contributed by atoms with Gasteiger partial charge in [-0.25, -0.2) is 0 Å². The summed E-state index contributed by atoms with van der Waals surface area (Å²) in [6, 6.07) is 0. The van der Waals surface area contributed by atoms with Gasteiger partial charge in [-0.3, -0.25) is 14.4 Å². The van der Waals surface area contributed by atoms with E-state index in [0.717, 1.165) is 109 Å². The van der Waals surface area contributed by atoms with E-state index in [4.69, 9.17) is 14.2 Å². The average Bonchev–Trinajstić information content (AvgIpc) is 3.33. The Morgan fingerprint density at radius 3 is 0.866 bits per heavy atom. The molecule has 0 aliphatic carbocycles. The van der Waals surface area contributed by atoms with E-state index in [1.54, 1.807) is 0 Å². The van der Waals surface area contributed by atoms with Crippen LogP contribution in [0.4, 0.5) is 0 Å². The first-order valence-electron chi connectivity index (χ1n) is 27.7. The van der Waals surface area contributed by atoms with Crippen molar-refractivity contribution < 1.29 is 28.6 Å². The second kappa shape index (κ2) is 54.9. The Morgan fingerprint density at radius 2 is 0.537 bits per heavy atom. The fraction of sp³-hybridized carbons (Fsp3) is 0.689. The maximum absolute atomic E-state index is 12.8. The lowest BCUT2D eigenvalue weighted by molar-refractivity contribution is -0.167. The van der Waals surface area contributed by atoms with E-state index in [9.17, 15) is 14.4 Å². The number of rotatable bonds is 49. The normalized spacial score (nSPS) is 12.8. The molecule has 0 aromatic heterocycles. The topological polar surface area (TPSA) is 78.9 Å². The van der Waals surface area contributed by atoms with Crippen LogP contribution >= 0.6 is 0 Å². The zero-order valence-corrected chi connectivity index (χ0v) is 43.6. The molecule has 6 heteroatoms. The van der Waals surface area contributed by atoms with Gasteiger partial charge >= 0.3 is 17.9 Å². The summed E-state index contributed by atoms with van der Waals surface area (Å²) in [6.07, 6.45) is 72.5. The van der Waals surface area contributed by atoms with Gasteiger partial charge in [0.1, 0.15) is 13.2 Å². The Hall–Kier alpha value is -3.67. The first-order valence-corrected chi connectivity index (χ1v) is 27.7. The molecular formula is C61H102O6. The van der Waals surface area contributed by atoms with Gasteiger partial charge in [0.05, 0.1) is 0 Å². The van der Waals surface area contributed by atoms with Gasteiger partial charge in [-0.15, -0.1) is 0 Å². The zero-order valence-electron chi connectivity index (χ0n) is 43.6. The molecule has 0 aromatic rings. The van der Waals surface area contributed by atoms with Crippen molar-refractivity contribution in [1.29, 1.82) is 0 Å². The SMILES string of the molecule is CCCCC/C=C\C/C=C\C/C=C\C/C=C\CCCCCC(=O)OC[C@H](COC(=O)CCCCCCCCCCCCC)OC(=O)CCCCC/C=C\C/C=C\C/C=C\C/C=C\CCCCC. The number of carbonyl (C=O) groups is 3. The van der Waals surface area contributed by atoms with Gasteiger partial charge in [0.2, 0.25) is 0 Å². The van der Waals surface area contributed by atoms with Gasteiger partial charge in [0, 0.05) is 19.3 Å². The van der Waals surface area contributed by atoms with Crippen molar-refractivity contribution in [2.45, 2.75) is 258 Å². The number of hydrogen-bond acceptors (Lipinski definition) is 6. The van der Waals surface area contributed by atoms with Crippen molar-refractivity contribution >= 4 is 17.9 Å². The molecular weight excluding hydrogens is 829 g/mol. The molecule has 67 heavy (non-hydrogen) atoms. The smallest absolute Gasteiger partial charge is 0.306 e. The predicted molar refractivity (Wildman–Crippen MR) is 288 cm³/mol. The molecule has 0 amide bonds. The monoisotopic (exact) mass is 931 g/mol. The maximum Gasteiger partial charge on any atom is 0.306 e. The minimum atomic E-state index is -0.807. The Morgan fingerprint density at radius 1 is 0.299 bits per heavy atom. The molecule has 0 saturated heterocycles. The molecule has 0 bridgehead atoms. The Labute approximate surface area is 413 Å². The average molecular weight is 931 g/mol. The van der Waals surface area contributed by atoms with Crippen molar-refractivity contribution in [2.75, 3.05) is 13.2 Å². The van der Waals surface area contributed by atoms with Crippen LogP contribution in [0.25, 0.3) is 0 Å². The fourth-order valence-electron chi connectivity index (χ4n) is 7.35. The zero-order chi connectivity index (χ0) is 48.6. The molecule has 0 radical (unpaired) electrons. The van der Waals surface area contributed by atoms with Gasteiger partial charge in [-0.05, 0) is 109 Å². The summed E-state index contributed by atoms with van der Waals surface area (Å²) in [5, 5.41) is 0. The number of allylic oxidation sites excluding steroid dienone is 16. The van der Waals surface area contributed by atoms with Gasteiger partial charge in [-0.1, -0.05) is 221 Å². The van der Waals surface area contributed by atoms with Gasteiger partial charge in [0.15, 0.2) is 6.10 Å². The third-order valence-corrected chi connectivity index (χ3v) is 11.6. The van der Waals surface area contributed by atoms with E-state index < -0.39 is 6.10 Å². The third kappa shape index (κ3) is 53.2. The van der Waals surface area contributed by atoms with Crippen molar-refractivity contribution in [1.82, 2.24) is 0 Å². The summed E-state index contributed by atoms with van der Waals surface area (Å²) in [4.78, 5) is 38.0. The first kappa shape index (κ1) is 63.3. The maximum atomic E-state index is 12.8. The van der Waals surface area contributed by atoms with Crippen molar-refractivity contribution in [2.24, 2.45) is 0 Å². The number of hydrogen-bond donors (Lipinski definition) is 0. The molecule has 0 N–H and O–H groups in total. The van der Waals surface area contributed by atoms with Crippen LogP contribution in [0.5, 0.6) is 0 Å². The second-order valence-corrected chi connectivity index (χ2v) is 18.1. The summed E-state index contributed by atoms with van der Waals surface area (Å²) >= 11 is 0. The summed E-state index contributed by atoms with van der Waals surface area (Å²) in [5.41, 5.74) is 0. The number of esters is 3. The van der Waals surface area contributed by atoms with Crippen molar-refractivity contribution in [3.63, 3.8) is 0 Å². The molecule has 6 nitrogen and oxygen atoms in total. The molecule has 0 heterocycles. The second-order valence-electron chi connectivity index (χ2n) is 18.1. The highest BCUT2D eigenvalue weighted by Gasteiger charge is 2.19. The summed E-state index contributed by atoms with van der Waals surface area (Å²) in [6.45, 7) is 6.52. The van der Waals surface area contributed by atoms with Crippen LogP contribution in [0.2, 0.25) is 0 Å². The van der Waals surface area contributed by atoms with Gasteiger partial charge < -0.3 is 14.2 Å². The first-order chi connectivity index (χ1) is 33.0. The molecule has 0 spiro atoms. The van der Waals surface area contributed by atoms with E-state index >= 15 is 0 Å². The Balaban J connectivity index is 4.49. The number of carbonyl (C=O) groups excluding carboxylic acids is 3. The van der Waals surface area contributed by atoms with Crippen LogP contribution in [0.15, 0.2) is 97.2 Å². The number of ether oxygens (including phenoxy) is 3. The Bertz CT molecular complexity index is 1350. The van der Waals surface area contributed by atoms with Crippen LogP contribution in [-0.4, -0.2) is 37.2 Å². The van der Waals surface area contributed by atoms with Crippen LogP contribution in [-0.2, 0) is 28.6 Å². The molecule has 0 aromatic carbocycles. The molecule has 0 aliphatic rings.